The number of anilines is 1. The Hall–Kier alpha value is -1.88. The van der Waals surface area contributed by atoms with Gasteiger partial charge >= 0.3 is 5.97 Å². The number of carbonyl (C=O) groups excluding carboxylic acids is 1. The molecule has 0 saturated heterocycles. The predicted octanol–water partition coefficient (Wildman–Crippen LogP) is 2.22. The normalized spacial score (nSPS) is 12.1. The lowest BCUT2D eigenvalue weighted by atomic mass is 10.1. The van der Waals surface area contributed by atoms with E-state index in [0.717, 1.165) is 23.2 Å². The van der Waals surface area contributed by atoms with Crippen LogP contribution in [0.15, 0.2) is 18.2 Å². The molecule has 1 aromatic carbocycles. The Morgan fingerprint density at radius 3 is 3.12 bits per heavy atom. The molecule has 2 N–H and O–H groups in total. The molecule has 0 aliphatic heterocycles. The van der Waals surface area contributed by atoms with Gasteiger partial charge in [0.2, 0.25) is 0 Å². The highest BCUT2D eigenvalue weighted by atomic mass is 32.1. The maximum Gasteiger partial charge on any atom is 0.308 e. The lowest BCUT2D eigenvalue weighted by Crippen LogP contribution is -2.01. The van der Waals surface area contributed by atoms with E-state index in [2.05, 4.69) is 4.98 Å². The van der Waals surface area contributed by atoms with Gasteiger partial charge in [-0.25, -0.2) is 4.98 Å². The Morgan fingerprint density at radius 1 is 1.53 bits per heavy atom. The summed E-state index contributed by atoms with van der Waals surface area (Å²) in [5, 5.41) is 0.602. The number of nitrogen functional groups attached to an aromatic ring is 1. The van der Waals surface area contributed by atoms with Crippen molar-refractivity contribution >= 4 is 22.4 Å². The van der Waals surface area contributed by atoms with Crippen LogP contribution < -0.4 is 10.5 Å². The van der Waals surface area contributed by atoms with Crippen LogP contribution in [0.25, 0.3) is 11.3 Å². The Balaban J connectivity index is 2.02. The van der Waals surface area contributed by atoms with E-state index in [9.17, 15) is 4.79 Å². The van der Waals surface area contributed by atoms with Crippen molar-refractivity contribution in [2.75, 3.05) is 5.73 Å². The summed E-state index contributed by atoms with van der Waals surface area (Å²) in [7, 11) is 0. The van der Waals surface area contributed by atoms with E-state index in [0.29, 0.717) is 10.9 Å². The maximum absolute atomic E-state index is 10.9. The van der Waals surface area contributed by atoms with Gasteiger partial charge in [-0.15, -0.1) is 11.3 Å². The molecule has 1 aliphatic rings. The molecule has 0 fully saturated rings. The molecular formula is C12H10N2O2S. The molecule has 0 bridgehead atoms. The molecule has 4 nitrogen and oxygen atoms in total. The van der Waals surface area contributed by atoms with Crippen molar-refractivity contribution < 1.29 is 9.53 Å². The third-order valence-corrected chi connectivity index (χ3v) is 3.54. The number of aromatic nitrogens is 1. The van der Waals surface area contributed by atoms with Crippen molar-refractivity contribution in [2.24, 2.45) is 0 Å². The number of thiazole rings is 1. The summed E-state index contributed by atoms with van der Waals surface area (Å²) in [4.78, 5) is 16.4. The number of hydrogen-bond donors (Lipinski definition) is 1. The Bertz CT molecular complexity index is 619. The number of esters is 1. The quantitative estimate of drug-likeness (QED) is 0.528. The predicted molar refractivity (Wildman–Crippen MR) is 66.1 cm³/mol. The molecule has 17 heavy (non-hydrogen) atoms. The van der Waals surface area contributed by atoms with E-state index in [1.54, 1.807) is 6.07 Å². The second-order valence-electron chi connectivity index (χ2n) is 3.91. The molecule has 0 amide bonds. The summed E-state index contributed by atoms with van der Waals surface area (Å²) in [6.45, 7) is 1.40. The largest absolute Gasteiger partial charge is 0.427 e. The second-order valence-corrected chi connectivity index (χ2v) is 5.03. The van der Waals surface area contributed by atoms with E-state index >= 15 is 0 Å². The molecular weight excluding hydrogens is 236 g/mol. The highest BCUT2D eigenvalue weighted by molar-refractivity contribution is 7.15. The molecule has 0 saturated carbocycles. The highest BCUT2D eigenvalue weighted by Gasteiger charge is 2.23. The first kappa shape index (κ1) is 10.3. The monoisotopic (exact) mass is 246 g/mol. The smallest absolute Gasteiger partial charge is 0.308 e. The number of nitrogens with two attached hydrogens (primary N) is 1. The molecule has 2 aromatic rings. The third kappa shape index (κ3) is 1.68. The average molecular weight is 246 g/mol. The summed E-state index contributed by atoms with van der Waals surface area (Å²) in [5.74, 6) is 0.277. The molecule has 0 spiro atoms. The molecule has 0 atom stereocenters. The molecule has 3 rings (SSSR count). The molecule has 1 aromatic heterocycles. The van der Waals surface area contributed by atoms with Crippen LogP contribution in [-0.4, -0.2) is 11.0 Å². The topological polar surface area (TPSA) is 65.2 Å². The Morgan fingerprint density at radius 2 is 2.35 bits per heavy atom. The van der Waals surface area contributed by atoms with Gasteiger partial charge < -0.3 is 10.5 Å². The summed E-state index contributed by atoms with van der Waals surface area (Å²) in [5.41, 5.74) is 8.87. The van der Waals surface area contributed by atoms with Crippen LogP contribution >= 0.6 is 11.3 Å². The van der Waals surface area contributed by atoms with E-state index in [-0.39, 0.29) is 5.97 Å². The van der Waals surface area contributed by atoms with Crippen LogP contribution in [0.2, 0.25) is 0 Å². The van der Waals surface area contributed by atoms with E-state index < -0.39 is 0 Å². The molecule has 1 heterocycles. The molecule has 1 aliphatic carbocycles. The van der Waals surface area contributed by atoms with Crippen molar-refractivity contribution in [3.8, 4) is 17.0 Å². The zero-order chi connectivity index (χ0) is 12.0. The maximum atomic E-state index is 10.9. The lowest BCUT2D eigenvalue weighted by Gasteiger charge is -2.04. The minimum Gasteiger partial charge on any atom is -0.427 e. The minimum atomic E-state index is -0.305. The highest BCUT2D eigenvalue weighted by Crippen LogP contribution is 2.41. The van der Waals surface area contributed by atoms with Crippen LogP contribution in [0.1, 0.15) is 17.4 Å². The standard InChI is InChI=1S/C12H10N2O2S/c1-6(15)16-8-2-3-9-7(4-8)5-10-11(9)14-12(13)17-10/h2-4H,5H2,1H3,(H2,13,14). The Labute approximate surface area is 102 Å². The van der Waals surface area contributed by atoms with Gasteiger partial charge in [-0.05, 0) is 23.8 Å². The second kappa shape index (κ2) is 3.56. The third-order valence-electron chi connectivity index (χ3n) is 2.66. The zero-order valence-electron chi connectivity index (χ0n) is 9.19. The average Bonchev–Trinajstić information content (AvgIpc) is 2.71. The SMILES string of the molecule is CC(=O)Oc1ccc2c(c1)Cc1sc(N)nc1-2. The van der Waals surface area contributed by atoms with E-state index in [1.165, 1.54) is 23.1 Å². The van der Waals surface area contributed by atoms with Crippen molar-refractivity contribution in [2.45, 2.75) is 13.3 Å². The Kier molecular flexibility index (Phi) is 2.16. The van der Waals surface area contributed by atoms with E-state index in [4.69, 9.17) is 10.5 Å². The van der Waals surface area contributed by atoms with Gasteiger partial charge in [0.25, 0.3) is 0 Å². The lowest BCUT2D eigenvalue weighted by molar-refractivity contribution is -0.131. The first-order valence-electron chi connectivity index (χ1n) is 5.20. The summed E-state index contributed by atoms with van der Waals surface area (Å²) < 4.78 is 5.06. The first-order valence-corrected chi connectivity index (χ1v) is 6.02. The zero-order valence-corrected chi connectivity index (χ0v) is 10.0. The number of carbonyl (C=O) groups is 1. The molecule has 5 heteroatoms. The van der Waals surface area contributed by atoms with Gasteiger partial charge in [-0.1, -0.05) is 0 Å². The number of rotatable bonds is 1. The number of benzene rings is 1. The van der Waals surface area contributed by atoms with Crippen molar-refractivity contribution in [1.29, 1.82) is 0 Å². The van der Waals surface area contributed by atoms with Gasteiger partial charge in [-0.2, -0.15) is 0 Å². The number of nitrogens with zero attached hydrogens (tertiary/aromatic N) is 1. The van der Waals surface area contributed by atoms with Crippen LogP contribution in [0, 0.1) is 0 Å². The van der Waals surface area contributed by atoms with Crippen LogP contribution in [0.4, 0.5) is 5.13 Å². The van der Waals surface area contributed by atoms with Crippen LogP contribution in [-0.2, 0) is 11.2 Å². The fourth-order valence-corrected chi connectivity index (χ4v) is 2.92. The summed E-state index contributed by atoms with van der Waals surface area (Å²) >= 11 is 1.51. The van der Waals surface area contributed by atoms with Gasteiger partial charge in [-0.3, -0.25) is 4.79 Å². The molecule has 86 valence electrons. The van der Waals surface area contributed by atoms with Gasteiger partial charge in [0.1, 0.15) is 5.75 Å². The molecule has 0 unspecified atom stereocenters. The fourth-order valence-electron chi connectivity index (χ4n) is 2.05. The minimum absolute atomic E-state index is 0.305. The van der Waals surface area contributed by atoms with Crippen molar-refractivity contribution in [3.05, 3.63) is 28.6 Å². The van der Waals surface area contributed by atoms with Crippen molar-refractivity contribution in [1.82, 2.24) is 4.98 Å². The van der Waals surface area contributed by atoms with E-state index in [1.807, 2.05) is 12.1 Å². The first-order chi connectivity index (χ1) is 8.13. The van der Waals surface area contributed by atoms with Gasteiger partial charge in [0.05, 0.1) is 5.69 Å². The number of hydrogen-bond acceptors (Lipinski definition) is 5. The fraction of sp³-hybridized carbons (Fsp3) is 0.167. The summed E-state index contributed by atoms with van der Waals surface area (Å²) in [6, 6.07) is 5.60. The van der Waals surface area contributed by atoms with Gasteiger partial charge in [0.15, 0.2) is 5.13 Å². The molecule has 0 radical (unpaired) electrons. The van der Waals surface area contributed by atoms with Crippen LogP contribution in [0.3, 0.4) is 0 Å². The van der Waals surface area contributed by atoms with Crippen LogP contribution in [0.5, 0.6) is 5.75 Å². The number of fused-ring (bicyclic) bond motifs is 3. The number of ether oxygens (including phenoxy) is 1. The summed E-state index contributed by atoms with van der Waals surface area (Å²) in [6.07, 6.45) is 0.814. The van der Waals surface area contributed by atoms with Crippen molar-refractivity contribution in [3.63, 3.8) is 0 Å². The van der Waals surface area contributed by atoms with Gasteiger partial charge in [0, 0.05) is 23.8 Å².